The predicted octanol–water partition coefficient (Wildman–Crippen LogP) is 5.14. The molecule has 0 aromatic heterocycles. The number of rotatable bonds is 7. The highest BCUT2D eigenvalue weighted by Gasteiger charge is 2.16. The van der Waals surface area contributed by atoms with Gasteiger partial charge in [-0.1, -0.05) is 42.5 Å². The Kier molecular flexibility index (Phi) is 7.53. The fourth-order valence-corrected chi connectivity index (χ4v) is 3.46. The van der Waals surface area contributed by atoms with Crippen LogP contribution in [0.2, 0.25) is 0 Å². The van der Waals surface area contributed by atoms with E-state index in [1.165, 1.54) is 16.3 Å². The van der Waals surface area contributed by atoms with Crippen LogP contribution in [-0.4, -0.2) is 23.4 Å². The van der Waals surface area contributed by atoms with Crippen molar-refractivity contribution < 1.29 is 14.3 Å². The second-order valence-corrected chi connectivity index (χ2v) is 8.84. The first-order valence-electron chi connectivity index (χ1n) is 10.5. The van der Waals surface area contributed by atoms with Crippen LogP contribution >= 0.6 is 12.2 Å². The van der Waals surface area contributed by atoms with E-state index in [1.807, 2.05) is 51.1 Å². The average molecular weight is 452 g/mol. The molecule has 0 fully saturated rings. The van der Waals surface area contributed by atoms with Gasteiger partial charge in [0.2, 0.25) is 0 Å². The standard InChI is InChI=1S/C25H29N3O3S/c1-25(2,3)31-24(29)27-16-19-15-20(28-23(26)32)11-12-22(19)30-14-13-18-9-6-8-17-7-4-5-10-21(17)18/h4-12,15H,13-14,16H2,1-3H3,(H,27,29)(H3,26,28,32). The van der Waals surface area contributed by atoms with E-state index in [0.717, 1.165) is 17.7 Å². The molecule has 7 heteroatoms. The van der Waals surface area contributed by atoms with E-state index in [1.54, 1.807) is 0 Å². The Morgan fingerprint density at radius 2 is 1.78 bits per heavy atom. The molecule has 6 nitrogen and oxygen atoms in total. The second kappa shape index (κ2) is 10.3. The van der Waals surface area contributed by atoms with Crippen LogP contribution in [0.15, 0.2) is 60.7 Å². The van der Waals surface area contributed by atoms with Crippen molar-refractivity contribution in [1.29, 1.82) is 0 Å². The molecular formula is C25H29N3O3S. The van der Waals surface area contributed by atoms with Gasteiger partial charge in [-0.05, 0) is 67.5 Å². The lowest BCUT2D eigenvalue weighted by Crippen LogP contribution is -2.32. The van der Waals surface area contributed by atoms with Gasteiger partial charge in [-0.3, -0.25) is 0 Å². The molecule has 1 amide bonds. The number of fused-ring (bicyclic) bond motifs is 1. The van der Waals surface area contributed by atoms with E-state index in [4.69, 9.17) is 27.4 Å². The number of carbonyl (C=O) groups is 1. The summed E-state index contributed by atoms with van der Waals surface area (Å²) in [5.74, 6) is 0.676. The number of hydrogen-bond acceptors (Lipinski definition) is 4. The molecular weight excluding hydrogens is 422 g/mol. The van der Waals surface area contributed by atoms with E-state index < -0.39 is 11.7 Å². The van der Waals surface area contributed by atoms with Crippen LogP contribution in [0.25, 0.3) is 10.8 Å². The van der Waals surface area contributed by atoms with Crippen LogP contribution in [0, 0.1) is 0 Å². The highest BCUT2D eigenvalue weighted by molar-refractivity contribution is 7.80. The van der Waals surface area contributed by atoms with Crippen LogP contribution in [-0.2, 0) is 17.7 Å². The van der Waals surface area contributed by atoms with E-state index in [-0.39, 0.29) is 11.7 Å². The van der Waals surface area contributed by atoms with Gasteiger partial charge in [0.25, 0.3) is 0 Å². The number of benzene rings is 3. The number of alkyl carbamates (subject to hydrolysis) is 1. The molecule has 32 heavy (non-hydrogen) atoms. The van der Waals surface area contributed by atoms with Gasteiger partial charge in [-0.25, -0.2) is 4.79 Å². The maximum absolute atomic E-state index is 12.1. The van der Waals surface area contributed by atoms with Gasteiger partial charge in [-0.2, -0.15) is 0 Å². The Bertz CT molecular complexity index is 1100. The molecule has 0 aliphatic heterocycles. The summed E-state index contributed by atoms with van der Waals surface area (Å²) in [6.45, 7) is 6.20. The molecule has 0 spiro atoms. The van der Waals surface area contributed by atoms with E-state index in [9.17, 15) is 4.79 Å². The molecule has 0 saturated heterocycles. The minimum Gasteiger partial charge on any atom is -0.493 e. The third-order valence-corrected chi connectivity index (χ3v) is 4.76. The molecule has 0 bridgehead atoms. The highest BCUT2D eigenvalue weighted by Crippen LogP contribution is 2.24. The summed E-state index contributed by atoms with van der Waals surface area (Å²) in [7, 11) is 0. The molecule has 3 aromatic rings. The largest absolute Gasteiger partial charge is 0.493 e. The van der Waals surface area contributed by atoms with Gasteiger partial charge >= 0.3 is 6.09 Å². The molecule has 4 N–H and O–H groups in total. The summed E-state index contributed by atoms with van der Waals surface area (Å²) < 4.78 is 11.4. The number of amides is 1. The zero-order valence-corrected chi connectivity index (χ0v) is 19.4. The number of carbonyl (C=O) groups excluding carboxylic acids is 1. The van der Waals surface area contributed by atoms with Crippen LogP contribution in [0.5, 0.6) is 5.75 Å². The van der Waals surface area contributed by atoms with Gasteiger partial charge in [0.1, 0.15) is 11.4 Å². The lowest BCUT2D eigenvalue weighted by molar-refractivity contribution is 0.0523. The second-order valence-electron chi connectivity index (χ2n) is 8.40. The first-order valence-corrected chi connectivity index (χ1v) is 10.9. The van der Waals surface area contributed by atoms with Crippen molar-refractivity contribution in [3.8, 4) is 5.75 Å². The highest BCUT2D eigenvalue weighted by atomic mass is 32.1. The Balaban J connectivity index is 1.71. The summed E-state index contributed by atoms with van der Waals surface area (Å²) in [5.41, 5.74) is 7.76. The Hall–Kier alpha value is -3.32. The van der Waals surface area contributed by atoms with Crippen LogP contribution < -0.4 is 21.1 Å². The van der Waals surface area contributed by atoms with Crippen molar-refractivity contribution in [1.82, 2.24) is 5.32 Å². The van der Waals surface area contributed by atoms with Gasteiger partial charge in [-0.15, -0.1) is 0 Å². The quantitative estimate of drug-likeness (QED) is 0.431. The van der Waals surface area contributed by atoms with Gasteiger partial charge in [0, 0.05) is 24.2 Å². The minimum atomic E-state index is -0.572. The van der Waals surface area contributed by atoms with Crippen molar-refractivity contribution in [2.24, 2.45) is 5.73 Å². The lowest BCUT2D eigenvalue weighted by Gasteiger charge is -2.20. The topological polar surface area (TPSA) is 85.6 Å². The Morgan fingerprint density at radius 3 is 2.53 bits per heavy atom. The molecule has 0 aliphatic carbocycles. The van der Waals surface area contributed by atoms with Crippen molar-refractivity contribution >= 4 is 39.9 Å². The fraction of sp³-hybridized carbons (Fsp3) is 0.280. The van der Waals surface area contributed by atoms with Crippen molar-refractivity contribution in [2.45, 2.75) is 39.3 Å². The van der Waals surface area contributed by atoms with Crippen molar-refractivity contribution in [2.75, 3.05) is 11.9 Å². The average Bonchev–Trinajstić information content (AvgIpc) is 2.72. The molecule has 168 valence electrons. The van der Waals surface area contributed by atoms with Crippen LogP contribution in [0.4, 0.5) is 10.5 Å². The summed E-state index contributed by atoms with van der Waals surface area (Å²) in [4.78, 5) is 12.1. The third-order valence-electron chi connectivity index (χ3n) is 4.66. The Morgan fingerprint density at radius 1 is 1.03 bits per heavy atom. The number of nitrogens with one attached hydrogen (secondary N) is 2. The number of ether oxygens (including phenoxy) is 2. The summed E-state index contributed by atoms with van der Waals surface area (Å²) >= 11 is 4.93. The minimum absolute atomic E-state index is 0.167. The molecule has 0 radical (unpaired) electrons. The number of anilines is 1. The summed E-state index contributed by atoms with van der Waals surface area (Å²) in [6, 6.07) is 20.1. The van der Waals surface area contributed by atoms with E-state index in [2.05, 4.69) is 41.0 Å². The van der Waals surface area contributed by atoms with Gasteiger partial charge in [0.15, 0.2) is 5.11 Å². The predicted molar refractivity (Wildman–Crippen MR) is 133 cm³/mol. The van der Waals surface area contributed by atoms with Gasteiger partial charge < -0.3 is 25.8 Å². The first-order chi connectivity index (χ1) is 15.2. The molecule has 0 unspecified atom stereocenters. The molecule has 3 aromatic carbocycles. The fourth-order valence-electron chi connectivity index (χ4n) is 3.34. The van der Waals surface area contributed by atoms with Gasteiger partial charge in [0.05, 0.1) is 6.61 Å². The molecule has 0 aliphatic rings. The SMILES string of the molecule is CC(C)(C)OC(=O)NCc1cc(NC(N)=S)ccc1OCCc1cccc2ccccc12. The third kappa shape index (κ3) is 6.85. The Labute approximate surface area is 194 Å². The smallest absolute Gasteiger partial charge is 0.407 e. The zero-order chi connectivity index (χ0) is 23.1. The lowest BCUT2D eigenvalue weighted by atomic mass is 10.0. The number of nitrogens with two attached hydrogens (primary N) is 1. The normalized spacial score (nSPS) is 11.1. The van der Waals surface area contributed by atoms with E-state index in [0.29, 0.717) is 12.4 Å². The molecule has 0 heterocycles. The number of thiocarbonyl (C=S) groups is 1. The summed E-state index contributed by atoms with van der Waals surface area (Å²) in [6.07, 6.45) is 0.264. The maximum Gasteiger partial charge on any atom is 0.407 e. The van der Waals surface area contributed by atoms with E-state index >= 15 is 0 Å². The molecule has 3 rings (SSSR count). The van der Waals surface area contributed by atoms with Crippen molar-refractivity contribution in [3.05, 3.63) is 71.8 Å². The maximum atomic E-state index is 12.1. The monoisotopic (exact) mass is 451 g/mol. The zero-order valence-electron chi connectivity index (χ0n) is 18.6. The summed E-state index contributed by atoms with van der Waals surface area (Å²) in [5, 5.41) is 8.29. The van der Waals surface area contributed by atoms with Crippen LogP contribution in [0.1, 0.15) is 31.9 Å². The van der Waals surface area contributed by atoms with Crippen LogP contribution in [0.3, 0.4) is 0 Å². The molecule has 0 saturated carbocycles. The molecule has 0 atom stereocenters. The first kappa shape index (κ1) is 23.3. The van der Waals surface area contributed by atoms with Crippen molar-refractivity contribution in [3.63, 3.8) is 0 Å². The number of hydrogen-bond donors (Lipinski definition) is 3.